The molecule has 138 valence electrons. The van der Waals surface area contributed by atoms with Gasteiger partial charge < -0.3 is 9.62 Å². The zero-order valence-electron chi connectivity index (χ0n) is 15.1. The Morgan fingerprint density at radius 3 is 2.69 bits per heavy atom. The second kappa shape index (κ2) is 7.66. The number of hydrogen-bond acceptors (Lipinski definition) is 3. The van der Waals surface area contributed by atoms with Crippen molar-refractivity contribution in [1.82, 2.24) is 0 Å². The van der Waals surface area contributed by atoms with E-state index in [0.717, 1.165) is 11.1 Å². The smallest absolute Gasteiger partial charge is 0.227 e. The van der Waals surface area contributed by atoms with E-state index in [4.69, 9.17) is 0 Å². The minimum absolute atomic E-state index is 0.0314. The van der Waals surface area contributed by atoms with Gasteiger partial charge in [-0.25, -0.2) is 8.78 Å². The van der Waals surface area contributed by atoms with Crippen molar-refractivity contribution in [3.63, 3.8) is 0 Å². The van der Waals surface area contributed by atoms with Crippen LogP contribution in [0.5, 0.6) is 0 Å². The lowest BCUT2D eigenvalue weighted by Crippen LogP contribution is -2.36. The van der Waals surface area contributed by atoms with Gasteiger partial charge in [-0.3, -0.25) is 4.79 Å². The van der Waals surface area contributed by atoms with Crippen LogP contribution in [0.15, 0.2) is 30.3 Å². The fourth-order valence-corrected chi connectivity index (χ4v) is 3.99. The molecular formula is C20H22F2N2OS. The van der Waals surface area contributed by atoms with Crippen LogP contribution in [0.3, 0.4) is 0 Å². The third-order valence-electron chi connectivity index (χ3n) is 4.62. The minimum atomic E-state index is -0.408. The molecule has 1 aliphatic heterocycles. The maximum absolute atomic E-state index is 14.7. The molecule has 0 aliphatic carbocycles. The van der Waals surface area contributed by atoms with E-state index in [-0.39, 0.29) is 17.6 Å². The normalized spacial score (nSPS) is 16.6. The van der Waals surface area contributed by atoms with Gasteiger partial charge in [0.1, 0.15) is 11.6 Å². The van der Waals surface area contributed by atoms with Crippen LogP contribution < -0.4 is 9.62 Å². The van der Waals surface area contributed by atoms with Crippen LogP contribution in [0.1, 0.15) is 42.9 Å². The molecule has 0 saturated carbocycles. The summed E-state index contributed by atoms with van der Waals surface area (Å²) in [6.07, 6.45) is 0.380. The highest BCUT2D eigenvalue weighted by Gasteiger charge is 2.31. The van der Waals surface area contributed by atoms with Crippen molar-refractivity contribution >= 4 is 29.2 Å². The summed E-state index contributed by atoms with van der Waals surface area (Å²) >= 11 is 1.31. The standard InChI is InChI=1S/C20H22F2N2OS/c1-4-24-19(25)8-13(3)16-9-15(10-18(22)20(16)24)23-26-11-14-6-5-12(2)7-17(14)21/h5-7,9-10,13,23H,4,8,11H2,1-3H3. The SMILES string of the molecule is CCN1C(=O)CC(C)c2cc(NSCc3ccc(C)cc3F)cc(F)c21. The van der Waals surface area contributed by atoms with Crippen LogP contribution in [-0.2, 0) is 10.5 Å². The summed E-state index contributed by atoms with van der Waals surface area (Å²) < 4.78 is 31.7. The molecule has 0 radical (unpaired) electrons. The molecular weight excluding hydrogens is 354 g/mol. The molecule has 1 unspecified atom stereocenters. The lowest BCUT2D eigenvalue weighted by Gasteiger charge is -2.32. The fraction of sp³-hybridized carbons (Fsp3) is 0.350. The fourth-order valence-electron chi connectivity index (χ4n) is 3.25. The molecule has 0 aromatic heterocycles. The summed E-state index contributed by atoms with van der Waals surface area (Å²) in [5, 5.41) is 0. The molecule has 1 atom stereocenters. The van der Waals surface area contributed by atoms with E-state index in [1.54, 1.807) is 6.07 Å². The number of carbonyl (C=O) groups is 1. The number of nitrogens with zero attached hydrogens (tertiary/aromatic N) is 1. The molecule has 26 heavy (non-hydrogen) atoms. The van der Waals surface area contributed by atoms with Gasteiger partial charge in [-0.1, -0.05) is 19.1 Å². The summed E-state index contributed by atoms with van der Waals surface area (Å²) in [6, 6.07) is 8.42. The Kier molecular flexibility index (Phi) is 5.51. The van der Waals surface area contributed by atoms with Crippen LogP contribution in [0.4, 0.5) is 20.2 Å². The van der Waals surface area contributed by atoms with E-state index in [9.17, 15) is 13.6 Å². The van der Waals surface area contributed by atoms with E-state index in [0.29, 0.717) is 35.7 Å². The number of halogens is 2. The molecule has 3 rings (SSSR count). The average Bonchev–Trinajstić information content (AvgIpc) is 2.58. The Hall–Kier alpha value is -2.08. The summed E-state index contributed by atoms with van der Waals surface area (Å²) in [5.41, 5.74) is 3.32. The molecule has 1 N–H and O–H groups in total. The van der Waals surface area contributed by atoms with Crippen molar-refractivity contribution in [2.75, 3.05) is 16.2 Å². The highest BCUT2D eigenvalue weighted by Crippen LogP contribution is 2.39. The molecule has 0 fully saturated rings. The minimum Gasteiger partial charge on any atom is -0.329 e. The molecule has 2 aromatic rings. The molecule has 1 amide bonds. The molecule has 0 bridgehead atoms. The summed E-state index contributed by atoms with van der Waals surface area (Å²) in [7, 11) is 0. The van der Waals surface area contributed by atoms with E-state index >= 15 is 0 Å². The predicted molar refractivity (Wildman–Crippen MR) is 104 cm³/mol. The first-order valence-corrected chi connectivity index (χ1v) is 9.66. The third kappa shape index (κ3) is 3.70. The van der Waals surface area contributed by atoms with Gasteiger partial charge in [-0.2, -0.15) is 0 Å². The second-order valence-corrected chi connectivity index (χ2v) is 7.41. The first-order valence-electron chi connectivity index (χ1n) is 8.67. The number of hydrogen-bond donors (Lipinski definition) is 1. The molecule has 0 saturated heterocycles. The quantitative estimate of drug-likeness (QED) is 0.710. The van der Waals surface area contributed by atoms with Crippen LogP contribution in [0.2, 0.25) is 0 Å². The van der Waals surface area contributed by atoms with Gasteiger partial charge in [0.25, 0.3) is 0 Å². The molecule has 1 aliphatic rings. The van der Waals surface area contributed by atoms with Crippen molar-refractivity contribution in [3.8, 4) is 0 Å². The van der Waals surface area contributed by atoms with Gasteiger partial charge in [0.2, 0.25) is 5.91 Å². The number of benzene rings is 2. The summed E-state index contributed by atoms with van der Waals surface area (Å²) in [5.74, 6) is -0.289. The van der Waals surface area contributed by atoms with E-state index in [2.05, 4.69) is 4.72 Å². The second-order valence-electron chi connectivity index (χ2n) is 6.62. The number of anilines is 2. The molecule has 6 heteroatoms. The van der Waals surface area contributed by atoms with E-state index < -0.39 is 5.82 Å². The monoisotopic (exact) mass is 376 g/mol. The Bertz CT molecular complexity index is 841. The van der Waals surface area contributed by atoms with Gasteiger partial charge in [0.15, 0.2) is 0 Å². The van der Waals surface area contributed by atoms with Crippen molar-refractivity contribution in [2.45, 2.75) is 38.9 Å². The van der Waals surface area contributed by atoms with Crippen LogP contribution in [0.25, 0.3) is 0 Å². The van der Waals surface area contributed by atoms with Crippen molar-refractivity contribution in [2.24, 2.45) is 0 Å². The zero-order valence-corrected chi connectivity index (χ0v) is 15.9. The zero-order chi connectivity index (χ0) is 18.8. The molecule has 0 spiro atoms. The Balaban J connectivity index is 1.77. The molecule has 2 aromatic carbocycles. The number of nitrogens with one attached hydrogen (secondary N) is 1. The lowest BCUT2D eigenvalue weighted by molar-refractivity contribution is -0.119. The van der Waals surface area contributed by atoms with Crippen LogP contribution in [-0.4, -0.2) is 12.5 Å². The Labute approximate surface area is 156 Å². The number of aryl methyl sites for hydroxylation is 1. The third-order valence-corrected chi connectivity index (χ3v) is 5.45. The van der Waals surface area contributed by atoms with Crippen molar-refractivity contribution in [3.05, 3.63) is 58.7 Å². The number of amides is 1. The van der Waals surface area contributed by atoms with Crippen LogP contribution in [0, 0.1) is 18.6 Å². The predicted octanol–water partition coefficient (Wildman–Crippen LogP) is 5.39. The number of carbonyl (C=O) groups excluding carboxylic acids is 1. The lowest BCUT2D eigenvalue weighted by atomic mass is 9.90. The number of fused-ring (bicyclic) bond motifs is 1. The highest BCUT2D eigenvalue weighted by atomic mass is 32.2. The van der Waals surface area contributed by atoms with E-state index in [1.165, 1.54) is 29.0 Å². The first-order chi connectivity index (χ1) is 12.4. The van der Waals surface area contributed by atoms with Crippen molar-refractivity contribution in [1.29, 1.82) is 0 Å². The first kappa shape index (κ1) is 18.7. The van der Waals surface area contributed by atoms with Gasteiger partial charge in [-0.15, -0.1) is 0 Å². The van der Waals surface area contributed by atoms with Crippen LogP contribution >= 0.6 is 11.9 Å². The summed E-state index contributed by atoms with van der Waals surface area (Å²) in [4.78, 5) is 13.6. The molecule has 1 heterocycles. The highest BCUT2D eigenvalue weighted by molar-refractivity contribution is 7.99. The van der Waals surface area contributed by atoms with Gasteiger partial charge in [-0.05, 0) is 66.6 Å². The maximum Gasteiger partial charge on any atom is 0.227 e. The summed E-state index contributed by atoms with van der Waals surface area (Å²) in [6.45, 7) is 6.07. The Morgan fingerprint density at radius 2 is 2.00 bits per heavy atom. The average molecular weight is 376 g/mol. The van der Waals surface area contributed by atoms with E-state index in [1.807, 2.05) is 32.9 Å². The largest absolute Gasteiger partial charge is 0.329 e. The van der Waals surface area contributed by atoms with Crippen molar-refractivity contribution < 1.29 is 13.6 Å². The maximum atomic E-state index is 14.7. The van der Waals surface area contributed by atoms with Gasteiger partial charge in [0.05, 0.1) is 5.69 Å². The topological polar surface area (TPSA) is 32.3 Å². The van der Waals surface area contributed by atoms with Gasteiger partial charge >= 0.3 is 0 Å². The van der Waals surface area contributed by atoms with Gasteiger partial charge in [0, 0.05) is 24.4 Å². The molecule has 3 nitrogen and oxygen atoms in total. The number of rotatable bonds is 5. The Morgan fingerprint density at radius 1 is 1.23 bits per heavy atom.